The van der Waals surface area contributed by atoms with Crippen molar-refractivity contribution in [3.05, 3.63) is 53.6 Å². The first-order valence-electron chi connectivity index (χ1n) is 9.10. The van der Waals surface area contributed by atoms with E-state index >= 15 is 0 Å². The molecule has 2 aromatic carbocycles. The Labute approximate surface area is 179 Å². The summed E-state index contributed by atoms with van der Waals surface area (Å²) in [6, 6.07) is 13.7. The molecule has 0 atom stereocenters. The molecule has 0 bridgehead atoms. The van der Waals surface area contributed by atoms with Crippen LogP contribution in [0.4, 0.5) is 5.69 Å². The lowest BCUT2D eigenvalue weighted by atomic mass is 10.3. The van der Waals surface area contributed by atoms with Crippen molar-refractivity contribution in [2.45, 2.75) is 6.42 Å². The van der Waals surface area contributed by atoms with Gasteiger partial charge in [0.2, 0.25) is 5.91 Å². The van der Waals surface area contributed by atoms with Gasteiger partial charge in [0.05, 0.1) is 37.4 Å². The number of ether oxygens (including phenoxy) is 3. The fraction of sp³-hybridized carbons (Fsp3) is 0.286. The van der Waals surface area contributed by atoms with E-state index in [9.17, 15) is 14.4 Å². The lowest BCUT2D eigenvalue weighted by molar-refractivity contribution is -0.152. The number of hydrogen-bond acceptors (Lipinski definition) is 6. The van der Waals surface area contributed by atoms with E-state index in [1.807, 2.05) is 0 Å². The number of anilines is 1. The zero-order chi connectivity index (χ0) is 21.9. The zero-order valence-electron chi connectivity index (χ0n) is 16.7. The number of likely N-dealkylation sites (N-methyl/N-ethyl adjacent to an activating group) is 1. The number of nitrogens with one attached hydrogen (secondary N) is 1. The molecule has 0 fully saturated rings. The molecule has 2 aromatic rings. The summed E-state index contributed by atoms with van der Waals surface area (Å²) in [5, 5.41) is 3.01. The van der Waals surface area contributed by atoms with Crippen LogP contribution in [0.2, 0.25) is 5.02 Å². The summed E-state index contributed by atoms with van der Waals surface area (Å²) in [6.45, 7) is -0.561. The van der Waals surface area contributed by atoms with E-state index in [0.29, 0.717) is 22.2 Å². The van der Waals surface area contributed by atoms with Gasteiger partial charge in [-0.15, -0.1) is 0 Å². The van der Waals surface area contributed by atoms with Crippen molar-refractivity contribution in [2.24, 2.45) is 0 Å². The molecule has 8 nitrogen and oxygen atoms in total. The highest BCUT2D eigenvalue weighted by molar-refractivity contribution is 6.33. The first-order valence-corrected chi connectivity index (χ1v) is 9.47. The van der Waals surface area contributed by atoms with Crippen LogP contribution in [0.1, 0.15) is 6.42 Å². The lowest BCUT2D eigenvalue weighted by Crippen LogP contribution is -2.37. The van der Waals surface area contributed by atoms with Gasteiger partial charge in [-0.25, -0.2) is 0 Å². The third kappa shape index (κ3) is 7.63. The smallest absolute Gasteiger partial charge is 0.309 e. The maximum atomic E-state index is 12.1. The van der Waals surface area contributed by atoms with E-state index in [1.54, 1.807) is 55.6 Å². The molecule has 2 amide bonds. The van der Waals surface area contributed by atoms with Gasteiger partial charge < -0.3 is 24.4 Å². The number of halogens is 1. The number of methoxy groups -OCH3 is 1. The quantitative estimate of drug-likeness (QED) is 0.578. The first kappa shape index (κ1) is 23.0. The predicted molar refractivity (Wildman–Crippen MR) is 112 cm³/mol. The molecule has 0 saturated carbocycles. The van der Waals surface area contributed by atoms with Crippen molar-refractivity contribution in [1.82, 2.24) is 4.90 Å². The van der Waals surface area contributed by atoms with E-state index in [2.05, 4.69) is 5.32 Å². The Balaban J connectivity index is 1.66. The van der Waals surface area contributed by atoms with Crippen molar-refractivity contribution in [2.75, 3.05) is 39.2 Å². The second-order valence-electron chi connectivity index (χ2n) is 6.21. The van der Waals surface area contributed by atoms with Crippen molar-refractivity contribution in [3.8, 4) is 11.5 Å². The molecule has 0 saturated heterocycles. The van der Waals surface area contributed by atoms with Crippen LogP contribution in [-0.4, -0.2) is 56.6 Å². The Morgan fingerprint density at radius 3 is 2.37 bits per heavy atom. The second kappa shape index (κ2) is 11.7. The number of amides is 2. The molecular formula is C21H23ClN2O6. The molecule has 2 rings (SSSR count). The molecule has 0 aliphatic heterocycles. The molecule has 0 unspecified atom stereocenters. The number of carbonyl (C=O) groups is 3. The third-order valence-corrected chi connectivity index (χ3v) is 4.28. The van der Waals surface area contributed by atoms with Crippen LogP contribution in [-0.2, 0) is 19.1 Å². The highest BCUT2D eigenvalue weighted by Crippen LogP contribution is 2.20. The number of benzene rings is 2. The molecule has 9 heteroatoms. The van der Waals surface area contributed by atoms with Gasteiger partial charge in [0.25, 0.3) is 5.91 Å². The van der Waals surface area contributed by atoms with Crippen LogP contribution < -0.4 is 14.8 Å². The van der Waals surface area contributed by atoms with Crippen molar-refractivity contribution in [3.63, 3.8) is 0 Å². The van der Waals surface area contributed by atoms with Crippen molar-refractivity contribution >= 4 is 35.1 Å². The monoisotopic (exact) mass is 434 g/mol. The summed E-state index contributed by atoms with van der Waals surface area (Å²) in [4.78, 5) is 37.0. The predicted octanol–water partition coefficient (Wildman–Crippen LogP) is 2.76. The highest BCUT2D eigenvalue weighted by atomic mass is 35.5. The van der Waals surface area contributed by atoms with E-state index < -0.39 is 24.4 Å². The van der Waals surface area contributed by atoms with Gasteiger partial charge in [-0.3, -0.25) is 14.4 Å². The third-order valence-electron chi connectivity index (χ3n) is 3.95. The Kier molecular flexibility index (Phi) is 8.96. The Bertz CT molecular complexity index is 872. The zero-order valence-corrected chi connectivity index (χ0v) is 17.5. The largest absolute Gasteiger partial charge is 0.497 e. The molecule has 0 spiro atoms. The van der Waals surface area contributed by atoms with Gasteiger partial charge in [-0.05, 0) is 36.4 Å². The average Bonchev–Trinajstić information content (AvgIpc) is 2.74. The lowest BCUT2D eigenvalue weighted by Gasteiger charge is -2.17. The van der Waals surface area contributed by atoms with Gasteiger partial charge in [-0.2, -0.15) is 0 Å². The number of hydrogen-bond donors (Lipinski definition) is 1. The van der Waals surface area contributed by atoms with E-state index in [-0.39, 0.29) is 19.6 Å². The summed E-state index contributed by atoms with van der Waals surface area (Å²) in [5.74, 6) is -0.216. The maximum Gasteiger partial charge on any atom is 0.309 e. The number of rotatable bonds is 10. The molecule has 1 N–H and O–H groups in total. The number of esters is 1. The summed E-state index contributed by atoms with van der Waals surface area (Å²) in [6.07, 6.45) is -0.0178. The van der Waals surface area contributed by atoms with E-state index in [4.69, 9.17) is 25.8 Å². The minimum Gasteiger partial charge on any atom is -0.497 e. The standard InChI is InChI=1S/C21H23ClN2O6/c1-24(13-19(25)23-18-6-4-3-5-17(18)22)20(26)14-30-21(27)11-12-29-16-9-7-15(28-2)8-10-16/h3-10H,11-14H2,1-2H3,(H,23,25). The SMILES string of the molecule is COc1ccc(OCCC(=O)OCC(=O)N(C)CC(=O)Nc2ccccc2Cl)cc1. The Morgan fingerprint density at radius 1 is 1.03 bits per heavy atom. The molecule has 0 aromatic heterocycles. The topological polar surface area (TPSA) is 94.2 Å². The minimum atomic E-state index is -0.578. The molecule has 0 aliphatic carbocycles. The van der Waals surface area contributed by atoms with E-state index in [1.165, 1.54) is 7.05 Å². The van der Waals surface area contributed by atoms with Gasteiger partial charge in [0.15, 0.2) is 6.61 Å². The van der Waals surface area contributed by atoms with Crippen LogP contribution >= 0.6 is 11.6 Å². The van der Waals surface area contributed by atoms with Gasteiger partial charge in [-0.1, -0.05) is 23.7 Å². The van der Waals surface area contributed by atoms with Crippen LogP contribution in [0.15, 0.2) is 48.5 Å². The molecule has 30 heavy (non-hydrogen) atoms. The fourth-order valence-corrected chi connectivity index (χ4v) is 2.49. The first-order chi connectivity index (χ1) is 14.4. The van der Waals surface area contributed by atoms with Gasteiger partial charge in [0, 0.05) is 7.05 Å². The molecule has 0 heterocycles. The summed E-state index contributed by atoms with van der Waals surface area (Å²) in [5.41, 5.74) is 0.452. The number of carbonyl (C=O) groups excluding carboxylic acids is 3. The summed E-state index contributed by atoms with van der Waals surface area (Å²) >= 11 is 5.98. The molecule has 0 radical (unpaired) electrons. The number of nitrogens with zero attached hydrogens (tertiary/aromatic N) is 1. The Morgan fingerprint density at radius 2 is 1.70 bits per heavy atom. The van der Waals surface area contributed by atoms with Gasteiger partial charge >= 0.3 is 5.97 Å². The average molecular weight is 435 g/mol. The van der Waals surface area contributed by atoms with Gasteiger partial charge in [0.1, 0.15) is 11.5 Å². The highest BCUT2D eigenvalue weighted by Gasteiger charge is 2.16. The van der Waals surface area contributed by atoms with Crippen LogP contribution in [0.3, 0.4) is 0 Å². The van der Waals surface area contributed by atoms with Crippen molar-refractivity contribution in [1.29, 1.82) is 0 Å². The van der Waals surface area contributed by atoms with Crippen LogP contribution in [0.5, 0.6) is 11.5 Å². The molecule has 0 aliphatic rings. The van der Waals surface area contributed by atoms with E-state index in [0.717, 1.165) is 4.90 Å². The molecular weight excluding hydrogens is 412 g/mol. The normalized spacial score (nSPS) is 10.1. The Hall–Kier alpha value is -3.26. The number of para-hydroxylation sites is 1. The minimum absolute atomic E-state index is 0.0178. The van der Waals surface area contributed by atoms with Crippen molar-refractivity contribution < 1.29 is 28.6 Å². The maximum absolute atomic E-state index is 12.1. The second-order valence-corrected chi connectivity index (χ2v) is 6.62. The fourth-order valence-electron chi connectivity index (χ4n) is 2.30. The van der Waals surface area contributed by atoms with Crippen LogP contribution in [0.25, 0.3) is 0 Å². The van der Waals surface area contributed by atoms with Crippen LogP contribution in [0, 0.1) is 0 Å². The summed E-state index contributed by atoms with van der Waals surface area (Å²) < 4.78 is 15.4. The summed E-state index contributed by atoms with van der Waals surface area (Å²) in [7, 11) is 3.01. The molecule has 160 valence electrons.